The van der Waals surface area contributed by atoms with E-state index in [1.54, 1.807) is 22.8 Å². The van der Waals surface area contributed by atoms with Gasteiger partial charge in [0.1, 0.15) is 17.1 Å². The molecular formula is C14H13FN4O2. The van der Waals surface area contributed by atoms with E-state index in [0.29, 0.717) is 28.5 Å². The van der Waals surface area contributed by atoms with E-state index in [1.165, 1.54) is 26.4 Å². The fourth-order valence-corrected chi connectivity index (χ4v) is 2.14. The number of halogens is 1. The molecule has 6 nitrogen and oxygen atoms in total. The standard InChI is InChI=1S/C14H13FN4O2/c1-20-11-7-8(15)3-5-10(11)19-13-9(17-14(19)16)4-6-12(18-13)21-2/h3-7H,1-2H3,(H2,16,17). The maximum absolute atomic E-state index is 13.3. The van der Waals surface area contributed by atoms with E-state index < -0.39 is 5.82 Å². The molecule has 3 rings (SSSR count). The Hall–Kier alpha value is -2.83. The van der Waals surface area contributed by atoms with Gasteiger partial charge < -0.3 is 15.2 Å². The van der Waals surface area contributed by atoms with Crippen molar-refractivity contribution in [3.8, 4) is 17.3 Å². The van der Waals surface area contributed by atoms with E-state index in [4.69, 9.17) is 15.2 Å². The number of imidazole rings is 1. The third-order valence-corrected chi connectivity index (χ3v) is 3.10. The summed E-state index contributed by atoms with van der Waals surface area (Å²) in [6.07, 6.45) is 0. The zero-order valence-corrected chi connectivity index (χ0v) is 11.5. The number of nitrogens with two attached hydrogens (primary N) is 1. The maximum atomic E-state index is 13.3. The highest BCUT2D eigenvalue weighted by Gasteiger charge is 2.16. The topological polar surface area (TPSA) is 75.2 Å². The molecule has 0 radical (unpaired) electrons. The second-order valence-corrected chi connectivity index (χ2v) is 4.32. The number of hydrogen-bond acceptors (Lipinski definition) is 5. The van der Waals surface area contributed by atoms with Gasteiger partial charge in [-0.3, -0.25) is 4.57 Å². The number of anilines is 1. The van der Waals surface area contributed by atoms with Gasteiger partial charge in [0.05, 0.1) is 19.9 Å². The first-order valence-corrected chi connectivity index (χ1v) is 6.17. The molecule has 0 aliphatic heterocycles. The SMILES string of the molecule is COc1ccc2nc(N)n(-c3ccc(F)cc3OC)c2n1. The van der Waals surface area contributed by atoms with Crippen molar-refractivity contribution in [2.75, 3.05) is 20.0 Å². The largest absolute Gasteiger partial charge is 0.494 e. The average Bonchev–Trinajstić information content (AvgIpc) is 2.82. The Labute approximate surface area is 119 Å². The summed E-state index contributed by atoms with van der Waals surface area (Å²) in [5, 5.41) is 0. The Bertz CT molecular complexity index is 816. The van der Waals surface area contributed by atoms with Crippen molar-refractivity contribution in [2.24, 2.45) is 0 Å². The molecule has 2 aromatic heterocycles. The Morgan fingerprint density at radius 1 is 1.10 bits per heavy atom. The minimum absolute atomic E-state index is 0.232. The summed E-state index contributed by atoms with van der Waals surface area (Å²) < 4.78 is 25.3. The number of hydrogen-bond donors (Lipinski definition) is 1. The minimum Gasteiger partial charge on any atom is -0.494 e. The van der Waals surface area contributed by atoms with Crippen molar-refractivity contribution < 1.29 is 13.9 Å². The molecule has 0 saturated carbocycles. The lowest BCUT2D eigenvalue weighted by atomic mass is 10.2. The molecule has 7 heteroatoms. The smallest absolute Gasteiger partial charge is 0.215 e. The molecule has 21 heavy (non-hydrogen) atoms. The zero-order valence-electron chi connectivity index (χ0n) is 11.5. The van der Waals surface area contributed by atoms with Crippen molar-refractivity contribution in [2.45, 2.75) is 0 Å². The van der Waals surface area contributed by atoms with Gasteiger partial charge in [0.25, 0.3) is 0 Å². The molecule has 2 N–H and O–H groups in total. The highest BCUT2D eigenvalue weighted by atomic mass is 19.1. The first-order valence-electron chi connectivity index (χ1n) is 6.17. The highest BCUT2D eigenvalue weighted by molar-refractivity contribution is 5.78. The molecule has 0 aliphatic rings. The van der Waals surface area contributed by atoms with Crippen LogP contribution in [0.25, 0.3) is 16.9 Å². The summed E-state index contributed by atoms with van der Waals surface area (Å²) in [6, 6.07) is 7.61. The fraction of sp³-hybridized carbons (Fsp3) is 0.143. The highest BCUT2D eigenvalue weighted by Crippen LogP contribution is 2.30. The predicted octanol–water partition coefficient (Wildman–Crippen LogP) is 2.16. The van der Waals surface area contributed by atoms with Crippen LogP contribution in [0, 0.1) is 5.82 Å². The lowest BCUT2D eigenvalue weighted by Crippen LogP contribution is -2.04. The molecule has 2 heterocycles. The van der Waals surface area contributed by atoms with E-state index in [9.17, 15) is 4.39 Å². The van der Waals surface area contributed by atoms with Gasteiger partial charge in [0.15, 0.2) is 5.65 Å². The Morgan fingerprint density at radius 3 is 2.62 bits per heavy atom. The van der Waals surface area contributed by atoms with Crippen molar-refractivity contribution in [3.63, 3.8) is 0 Å². The zero-order chi connectivity index (χ0) is 15.0. The quantitative estimate of drug-likeness (QED) is 0.799. The van der Waals surface area contributed by atoms with Crippen LogP contribution in [0.15, 0.2) is 30.3 Å². The van der Waals surface area contributed by atoms with Crippen molar-refractivity contribution in [1.29, 1.82) is 0 Å². The van der Waals surface area contributed by atoms with Crippen LogP contribution in [0.3, 0.4) is 0 Å². The molecule has 0 saturated heterocycles. The lowest BCUT2D eigenvalue weighted by Gasteiger charge is -2.11. The number of rotatable bonds is 3. The van der Waals surface area contributed by atoms with Gasteiger partial charge in [0, 0.05) is 12.1 Å². The molecule has 0 aliphatic carbocycles. The normalized spacial score (nSPS) is 10.8. The van der Waals surface area contributed by atoms with Gasteiger partial charge in [-0.2, -0.15) is 4.98 Å². The number of pyridine rings is 1. The fourth-order valence-electron chi connectivity index (χ4n) is 2.14. The first kappa shape index (κ1) is 13.2. The van der Waals surface area contributed by atoms with E-state index in [1.807, 2.05) is 0 Å². The Balaban J connectivity index is 2.31. The van der Waals surface area contributed by atoms with Gasteiger partial charge in [-0.1, -0.05) is 0 Å². The minimum atomic E-state index is -0.399. The summed E-state index contributed by atoms with van der Waals surface area (Å²) in [4.78, 5) is 8.57. The van der Waals surface area contributed by atoms with Gasteiger partial charge >= 0.3 is 0 Å². The van der Waals surface area contributed by atoms with Crippen LogP contribution in [0.4, 0.5) is 10.3 Å². The van der Waals surface area contributed by atoms with Crippen LogP contribution in [-0.2, 0) is 0 Å². The van der Waals surface area contributed by atoms with Crippen LogP contribution in [-0.4, -0.2) is 28.8 Å². The van der Waals surface area contributed by atoms with E-state index >= 15 is 0 Å². The number of ether oxygens (including phenoxy) is 2. The van der Waals surface area contributed by atoms with Crippen molar-refractivity contribution >= 4 is 17.1 Å². The van der Waals surface area contributed by atoms with Crippen LogP contribution in [0.2, 0.25) is 0 Å². The molecule has 0 spiro atoms. The number of benzene rings is 1. The molecule has 1 aromatic carbocycles. The predicted molar refractivity (Wildman–Crippen MR) is 76.3 cm³/mol. The van der Waals surface area contributed by atoms with Crippen LogP contribution in [0.1, 0.15) is 0 Å². The summed E-state index contributed by atoms with van der Waals surface area (Å²) in [5.41, 5.74) is 7.64. The molecule has 0 atom stereocenters. The summed E-state index contributed by atoms with van der Waals surface area (Å²) in [6.45, 7) is 0. The second kappa shape index (κ2) is 4.93. The second-order valence-electron chi connectivity index (χ2n) is 4.32. The first-order chi connectivity index (χ1) is 10.1. The molecule has 3 aromatic rings. The number of nitrogen functional groups attached to an aromatic ring is 1. The summed E-state index contributed by atoms with van der Waals surface area (Å²) in [5.74, 6) is 0.607. The van der Waals surface area contributed by atoms with E-state index in [2.05, 4.69) is 9.97 Å². The summed E-state index contributed by atoms with van der Waals surface area (Å²) in [7, 11) is 2.98. The third kappa shape index (κ3) is 2.12. The van der Waals surface area contributed by atoms with Crippen LogP contribution in [0.5, 0.6) is 11.6 Å². The Kier molecular flexibility index (Phi) is 3.09. The number of nitrogens with zero attached hydrogens (tertiary/aromatic N) is 3. The lowest BCUT2D eigenvalue weighted by molar-refractivity contribution is 0.399. The maximum Gasteiger partial charge on any atom is 0.215 e. The molecule has 0 fully saturated rings. The molecule has 0 bridgehead atoms. The molecular weight excluding hydrogens is 275 g/mol. The number of methoxy groups -OCH3 is 2. The Morgan fingerprint density at radius 2 is 1.90 bits per heavy atom. The van der Waals surface area contributed by atoms with E-state index in [0.717, 1.165) is 0 Å². The molecule has 0 amide bonds. The monoisotopic (exact) mass is 288 g/mol. The number of aromatic nitrogens is 3. The van der Waals surface area contributed by atoms with Crippen LogP contribution < -0.4 is 15.2 Å². The molecule has 108 valence electrons. The average molecular weight is 288 g/mol. The molecule has 0 unspecified atom stereocenters. The van der Waals surface area contributed by atoms with Gasteiger partial charge in [-0.05, 0) is 18.2 Å². The van der Waals surface area contributed by atoms with Crippen molar-refractivity contribution in [1.82, 2.24) is 14.5 Å². The van der Waals surface area contributed by atoms with Gasteiger partial charge in [0.2, 0.25) is 11.8 Å². The number of fused-ring (bicyclic) bond motifs is 1. The van der Waals surface area contributed by atoms with Crippen LogP contribution >= 0.6 is 0 Å². The van der Waals surface area contributed by atoms with Crippen molar-refractivity contribution in [3.05, 3.63) is 36.1 Å². The van der Waals surface area contributed by atoms with Gasteiger partial charge in [-0.25, -0.2) is 9.37 Å². The third-order valence-electron chi connectivity index (χ3n) is 3.10. The summed E-state index contributed by atoms with van der Waals surface area (Å²) >= 11 is 0. The van der Waals surface area contributed by atoms with Gasteiger partial charge in [-0.15, -0.1) is 0 Å². The van der Waals surface area contributed by atoms with E-state index in [-0.39, 0.29) is 5.95 Å².